The van der Waals surface area contributed by atoms with Crippen LogP contribution >= 0.6 is 0 Å². The molecule has 0 aromatic rings. The topological polar surface area (TPSA) is 106 Å². The number of hydrogen-bond donors (Lipinski definition) is 2. The molecule has 0 aliphatic carbocycles. The SMILES string of the molecule is CN(C)CCN.CN(C)CCN.N#C[Se].N#C[Se].[Cd]. The Morgan fingerprint density at radius 2 is 1.00 bits per heavy atom. The molecule has 0 aromatic heterocycles. The summed E-state index contributed by atoms with van der Waals surface area (Å²) < 4.78 is 0. The average Bonchev–Trinajstić information content (AvgIpc) is 2.20. The minimum atomic E-state index is 0. The van der Waals surface area contributed by atoms with Crippen LogP contribution in [0.25, 0.3) is 0 Å². The summed E-state index contributed by atoms with van der Waals surface area (Å²) in [6.45, 7) is 3.49. The molecule has 4 N–H and O–H groups in total. The molecule has 9 heteroatoms. The quantitative estimate of drug-likeness (QED) is 0.447. The van der Waals surface area contributed by atoms with Crippen molar-refractivity contribution in [2.24, 2.45) is 11.5 Å². The minimum Gasteiger partial charge on any atom is 0 e. The van der Waals surface area contributed by atoms with Crippen LogP contribution in [0, 0.1) is 20.5 Å². The molecule has 0 heterocycles. The maximum Gasteiger partial charge on any atom is 0 e. The third-order valence-corrected chi connectivity index (χ3v) is 1.15. The second-order valence-electron chi connectivity index (χ2n) is 3.37. The summed E-state index contributed by atoms with van der Waals surface area (Å²) in [6, 6.07) is 0. The van der Waals surface area contributed by atoms with E-state index < -0.39 is 0 Å². The molecule has 108 valence electrons. The van der Waals surface area contributed by atoms with Crippen molar-refractivity contribution in [2.75, 3.05) is 54.4 Å². The standard InChI is InChI=1S/2C4H12N2.2CNSe.Cd/c2*1-6(2)4-3-5;2*2-1-3;/h2*3-5H2,1-2H3;;;. The maximum absolute atomic E-state index is 7.26. The fourth-order valence-corrected chi connectivity index (χ4v) is 0.516. The molecule has 0 aliphatic rings. The van der Waals surface area contributed by atoms with E-state index in [0.29, 0.717) is 0 Å². The van der Waals surface area contributed by atoms with E-state index in [1.807, 2.05) is 28.2 Å². The van der Waals surface area contributed by atoms with Gasteiger partial charge >= 0.3 is 52.5 Å². The van der Waals surface area contributed by atoms with E-state index in [4.69, 9.17) is 22.0 Å². The molecule has 0 amide bonds. The number of nitriles is 2. The first-order chi connectivity index (χ1) is 8.37. The summed E-state index contributed by atoms with van der Waals surface area (Å²) in [5.41, 5.74) is 10.4. The van der Waals surface area contributed by atoms with Gasteiger partial charge < -0.3 is 21.3 Å². The third kappa shape index (κ3) is 115. The third-order valence-electron chi connectivity index (χ3n) is 1.15. The van der Waals surface area contributed by atoms with Gasteiger partial charge in [-0.15, -0.1) is 0 Å². The number of rotatable bonds is 4. The second kappa shape index (κ2) is 36.3. The average molecular weight is 499 g/mol. The van der Waals surface area contributed by atoms with E-state index in [0.717, 1.165) is 26.2 Å². The van der Waals surface area contributed by atoms with Gasteiger partial charge in [-0.2, -0.15) is 0 Å². The van der Waals surface area contributed by atoms with Crippen molar-refractivity contribution < 1.29 is 27.3 Å². The first-order valence-corrected chi connectivity index (χ1v) is 6.81. The summed E-state index contributed by atoms with van der Waals surface area (Å²) in [4.78, 5) is 7.36. The number of hydrogen-bond acceptors (Lipinski definition) is 6. The van der Waals surface area contributed by atoms with Crippen molar-refractivity contribution >= 4 is 32.0 Å². The summed E-state index contributed by atoms with van der Waals surface area (Å²) in [6.07, 6.45) is 0. The van der Waals surface area contributed by atoms with Gasteiger partial charge in [-0.3, -0.25) is 0 Å². The van der Waals surface area contributed by atoms with Gasteiger partial charge in [-0.05, 0) is 28.2 Å². The van der Waals surface area contributed by atoms with E-state index in [1.54, 1.807) is 9.94 Å². The van der Waals surface area contributed by atoms with Crippen LogP contribution in [-0.4, -0.2) is 96.2 Å². The molecule has 0 atom stereocenters. The predicted molar refractivity (Wildman–Crippen MR) is 78.0 cm³/mol. The van der Waals surface area contributed by atoms with Crippen LogP contribution in [-0.2, 0) is 27.3 Å². The maximum atomic E-state index is 7.26. The molecule has 0 saturated heterocycles. The van der Waals surface area contributed by atoms with Crippen LogP contribution in [0.15, 0.2) is 0 Å². The van der Waals surface area contributed by atoms with Crippen molar-refractivity contribution in [3.63, 3.8) is 0 Å². The molecule has 0 rings (SSSR count). The summed E-state index contributed by atoms with van der Waals surface area (Å²) in [5, 5.41) is 14.5. The van der Waals surface area contributed by atoms with Gasteiger partial charge in [0, 0.05) is 53.5 Å². The molecule has 0 unspecified atom stereocenters. The molecule has 0 bridgehead atoms. The van der Waals surface area contributed by atoms with E-state index in [-0.39, 0.29) is 27.3 Å². The molecule has 2 radical (unpaired) electrons. The molecular formula is C10H24CdN6Se2. The molecule has 6 nitrogen and oxygen atoms in total. The Bertz CT molecular complexity index is 181. The summed E-state index contributed by atoms with van der Waals surface area (Å²) in [5.74, 6) is 0. The van der Waals surface area contributed by atoms with Gasteiger partial charge in [0.05, 0.1) is 0 Å². The van der Waals surface area contributed by atoms with Crippen molar-refractivity contribution in [1.82, 2.24) is 9.80 Å². The predicted octanol–water partition coefficient (Wildman–Crippen LogP) is -1.72. The van der Waals surface area contributed by atoms with Gasteiger partial charge in [0.2, 0.25) is 0 Å². The van der Waals surface area contributed by atoms with Crippen LogP contribution < -0.4 is 11.5 Å². The Labute approximate surface area is 154 Å². The smallest absolute Gasteiger partial charge is 0 e. The molecule has 0 aromatic carbocycles. The van der Waals surface area contributed by atoms with Gasteiger partial charge in [-0.25, -0.2) is 0 Å². The Balaban J connectivity index is -0.0000000476. The zero-order valence-corrected chi connectivity index (χ0v) is 19.8. The largest absolute Gasteiger partial charge is 0 e. The Hall–Kier alpha value is 0.781. The Kier molecular flexibility index (Phi) is 61.1. The molecule has 19 heavy (non-hydrogen) atoms. The van der Waals surface area contributed by atoms with Crippen LogP contribution in [0.4, 0.5) is 0 Å². The fraction of sp³-hybridized carbons (Fsp3) is 0.800. The Morgan fingerprint density at radius 3 is 1.00 bits per heavy atom. The number of nitrogens with zero attached hydrogens (tertiary/aromatic N) is 4. The van der Waals surface area contributed by atoms with Crippen LogP contribution in [0.3, 0.4) is 0 Å². The zero-order chi connectivity index (χ0) is 15.4. The van der Waals surface area contributed by atoms with Gasteiger partial charge in [0.15, 0.2) is 0 Å². The fourth-order valence-electron chi connectivity index (χ4n) is 0.516. The minimum absolute atomic E-state index is 0. The first kappa shape index (κ1) is 31.9. The van der Waals surface area contributed by atoms with Crippen LogP contribution in [0.2, 0.25) is 0 Å². The normalized spacial score (nSPS) is 7.05. The van der Waals surface area contributed by atoms with E-state index in [9.17, 15) is 0 Å². The van der Waals surface area contributed by atoms with E-state index in [1.165, 1.54) is 0 Å². The summed E-state index contributed by atoms with van der Waals surface area (Å²) >= 11 is 4.22. The van der Waals surface area contributed by atoms with Crippen LogP contribution in [0.5, 0.6) is 0 Å². The monoisotopic (exact) mass is 502 g/mol. The molecule has 0 fully saturated rings. The van der Waals surface area contributed by atoms with Crippen molar-refractivity contribution in [1.29, 1.82) is 10.5 Å². The zero-order valence-electron chi connectivity index (χ0n) is 12.3. The van der Waals surface area contributed by atoms with Crippen molar-refractivity contribution in [3.05, 3.63) is 0 Å². The van der Waals surface area contributed by atoms with Crippen molar-refractivity contribution in [3.8, 4) is 9.94 Å². The molecule has 0 aliphatic heterocycles. The Morgan fingerprint density at radius 1 is 0.842 bits per heavy atom. The van der Waals surface area contributed by atoms with Gasteiger partial charge in [-0.1, -0.05) is 0 Å². The second-order valence-corrected chi connectivity index (χ2v) is 4.13. The van der Waals surface area contributed by atoms with Crippen molar-refractivity contribution in [2.45, 2.75) is 0 Å². The molecule has 0 spiro atoms. The van der Waals surface area contributed by atoms with Gasteiger partial charge in [0.1, 0.15) is 0 Å². The van der Waals surface area contributed by atoms with E-state index in [2.05, 4.69) is 41.8 Å². The number of nitrogens with two attached hydrogens (primary N) is 2. The number of likely N-dealkylation sites (N-methyl/N-ethyl adjacent to an activating group) is 2. The van der Waals surface area contributed by atoms with Crippen LogP contribution in [0.1, 0.15) is 0 Å². The van der Waals surface area contributed by atoms with E-state index >= 15 is 0 Å². The molecule has 0 saturated carbocycles. The van der Waals surface area contributed by atoms with Gasteiger partial charge in [0.25, 0.3) is 0 Å². The first-order valence-electron chi connectivity index (χ1n) is 5.09. The summed E-state index contributed by atoms with van der Waals surface area (Å²) in [7, 11) is 8.03. The molecular weight excluding hydrogens is 474 g/mol.